The smallest absolute Gasteiger partial charge is 0.391 e. The fourth-order valence-corrected chi connectivity index (χ4v) is 3.75. The van der Waals surface area contributed by atoms with Crippen LogP contribution in [0.15, 0.2) is 50.5 Å². The summed E-state index contributed by atoms with van der Waals surface area (Å²) in [5.74, 6) is 0. The summed E-state index contributed by atoms with van der Waals surface area (Å²) in [6.45, 7) is 1.84. The molecule has 0 aliphatic carbocycles. The predicted octanol–water partition coefficient (Wildman–Crippen LogP) is 7.21. The van der Waals surface area contributed by atoms with Gasteiger partial charge >= 0.3 is 6.18 Å². The molecule has 0 radical (unpaired) electrons. The molecule has 0 unspecified atom stereocenters. The molecule has 0 heterocycles. The number of halogens is 6. The lowest BCUT2D eigenvalue weighted by molar-refractivity contribution is -0.137. The molecule has 0 aromatic heterocycles. The van der Waals surface area contributed by atoms with E-state index in [4.69, 9.17) is 16.4 Å². The Labute approximate surface area is 165 Å². The lowest BCUT2D eigenvalue weighted by atomic mass is 10.0. The fourth-order valence-electron chi connectivity index (χ4n) is 2.19. The summed E-state index contributed by atoms with van der Waals surface area (Å²) in [7, 11) is 0. The third-order valence-corrected chi connectivity index (χ3v) is 4.41. The SMILES string of the molecule is CC/C(=N\OCc1cc(Br)cc(Br)c1)c1cc(Cl)ccc1C(F)(F)F. The van der Waals surface area contributed by atoms with E-state index in [0.29, 0.717) is 0 Å². The van der Waals surface area contributed by atoms with Crippen LogP contribution in [0.1, 0.15) is 30.0 Å². The van der Waals surface area contributed by atoms with Crippen molar-refractivity contribution in [3.05, 3.63) is 67.1 Å². The molecule has 0 amide bonds. The quantitative estimate of drug-likeness (QED) is 0.315. The lowest BCUT2D eigenvalue weighted by Crippen LogP contribution is -2.13. The number of benzene rings is 2. The van der Waals surface area contributed by atoms with Crippen LogP contribution in [0.25, 0.3) is 0 Å². The van der Waals surface area contributed by atoms with E-state index in [0.717, 1.165) is 20.6 Å². The topological polar surface area (TPSA) is 21.6 Å². The average Bonchev–Trinajstić information content (AvgIpc) is 2.49. The Hall–Kier alpha value is -1.05. The highest BCUT2D eigenvalue weighted by molar-refractivity contribution is 9.11. The van der Waals surface area contributed by atoms with E-state index in [1.54, 1.807) is 6.92 Å². The first-order valence-electron chi connectivity index (χ1n) is 7.21. The molecule has 0 fully saturated rings. The summed E-state index contributed by atoms with van der Waals surface area (Å²) in [6, 6.07) is 8.96. The van der Waals surface area contributed by atoms with Gasteiger partial charge in [-0.3, -0.25) is 0 Å². The van der Waals surface area contributed by atoms with Gasteiger partial charge in [-0.15, -0.1) is 0 Å². The second-order valence-electron chi connectivity index (χ2n) is 5.13. The Morgan fingerprint density at radius 3 is 2.32 bits per heavy atom. The molecule has 0 saturated heterocycles. The largest absolute Gasteiger partial charge is 0.417 e. The first kappa shape index (κ1) is 20.3. The molecule has 0 saturated carbocycles. The molecular formula is C17H13Br2ClF3NO. The Morgan fingerprint density at radius 2 is 1.76 bits per heavy atom. The van der Waals surface area contributed by atoms with Gasteiger partial charge in [0, 0.05) is 19.5 Å². The number of nitrogens with zero attached hydrogens (tertiary/aromatic N) is 1. The summed E-state index contributed by atoms with van der Waals surface area (Å²) < 4.78 is 41.3. The van der Waals surface area contributed by atoms with Crippen LogP contribution in [0.4, 0.5) is 13.2 Å². The summed E-state index contributed by atoms with van der Waals surface area (Å²) in [5.41, 5.74) is 0.149. The van der Waals surface area contributed by atoms with Crippen LogP contribution in [-0.2, 0) is 17.6 Å². The summed E-state index contributed by atoms with van der Waals surface area (Å²) in [6.07, 6.45) is -4.23. The van der Waals surface area contributed by atoms with E-state index < -0.39 is 11.7 Å². The lowest BCUT2D eigenvalue weighted by Gasteiger charge is -2.14. The zero-order valence-corrected chi connectivity index (χ0v) is 16.9. The van der Waals surface area contributed by atoms with Gasteiger partial charge in [0.05, 0.1) is 11.3 Å². The number of oxime groups is 1. The molecule has 2 rings (SSSR count). The van der Waals surface area contributed by atoms with Crippen LogP contribution in [0.5, 0.6) is 0 Å². The summed E-state index contributed by atoms with van der Waals surface area (Å²) >= 11 is 12.6. The van der Waals surface area contributed by atoms with Crippen molar-refractivity contribution in [1.29, 1.82) is 0 Å². The van der Waals surface area contributed by atoms with E-state index in [1.807, 2.05) is 18.2 Å². The molecule has 8 heteroatoms. The normalized spacial score (nSPS) is 12.4. The van der Waals surface area contributed by atoms with Gasteiger partial charge in [-0.1, -0.05) is 55.5 Å². The molecule has 0 aliphatic heterocycles. The van der Waals surface area contributed by atoms with Crippen molar-refractivity contribution in [3.8, 4) is 0 Å². The Balaban J connectivity index is 2.27. The first-order valence-corrected chi connectivity index (χ1v) is 9.18. The van der Waals surface area contributed by atoms with Gasteiger partial charge in [-0.25, -0.2) is 0 Å². The van der Waals surface area contributed by atoms with Gasteiger partial charge in [0.2, 0.25) is 0 Å². The van der Waals surface area contributed by atoms with Crippen LogP contribution in [0.2, 0.25) is 5.02 Å². The molecule has 134 valence electrons. The molecule has 2 aromatic rings. The maximum Gasteiger partial charge on any atom is 0.417 e. The van der Waals surface area contributed by atoms with E-state index in [-0.39, 0.29) is 29.3 Å². The van der Waals surface area contributed by atoms with Crippen LogP contribution < -0.4 is 0 Å². The van der Waals surface area contributed by atoms with E-state index in [9.17, 15) is 13.2 Å². The van der Waals surface area contributed by atoms with Gasteiger partial charge in [-0.2, -0.15) is 13.2 Å². The number of hydrogen-bond donors (Lipinski definition) is 0. The van der Waals surface area contributed by atoms with Crippen LogP contribution >= 0.6 is 43.5 Å². The minimum atomic E-state index is -4.50. The van der Waals surface area contributed by atoms with E-state index in [1.165, 1.54) is 12.1 Å². The van der Waals surface area contributed by atoms with Crippen LogP contribution in [0, 0.1) is 0 Å². The van der Waals surface area contributed by atoms with Crippen LogP contribution in [0.3, 0.4) is 0 Å². The van der Waals surface area contributed by atoms with Crippen molar-refractivity contribution in [3.63, 3.8) is 0 Å². The van der Waals surface area contributed by atoms with Gasteiger partial charge < -0.3 is 4.84 Å². The van der Waals surface area contributed by atoms with Gasteiger partial charge in [0.1, 0.15) is 6.61 Å². The first-order chi connectivity index (χ1) is 11.7. The molecule has 0 N–H and O–H groups in total. The molecule has 0 atom stereocenters. The number of hydrogen-bond acceptors (Lipinski definition) is 2. The minimum absolute atomic E-state index is 0.0714. The maximum absolute atomic E-state index is 13.2. The van der Waals surface area contributed by atoms with Crippen molar-refractivity contribution >= 4 is 49.2 Å². The van der Waals surface area contributed by atoms with Gasteiger partial charge in [0.25, 0.3) is 0 Å². The standard InChI is InChI=1S/C17H13Br2ClF3NO/c1-2-16(14-8-13(20)3-4-15(14)17(21,22)23)24-25-9-10-5-11(18)7-12(19)6-10/h3-8H,2,9H2,1H3/b24-16+. The maximum atomic E-state index is 13.2. The average molecular weight is 500 g/mol. The number of rotatable bonds is 5. The second-order valence-corrected chi connectivity index (χ2v) is 7.40. The Kier molecular flexibility index (Phi) is 6.93. The zero-order valence-electron chi connectivity index (χ0n) is 13.0. The van der Waals surface area contributed by atoms with E-state index in [2.05, 4.69) is 37.0 Å². The monoisotopic (exact) mass is 497 g/mol. The number of alkyl halides is 3. The fraction of sp³-hybridized carbons (Fsp3) is 0.235. The van der Waals surface area contributed by atoms with E-state index >= 15 is 0 Å². The third-order valence-electron chi connectivity index (χ3n) is 3.26. The second kappa shape index (κ2) is 8.56. The molecule has 2 nitrogen and oxygen atoms in total. The molecule has 0 aliphatic rings. The molecule has 0 spiro atoms. The molecular weight excluding hydrogens is 486 g/mol. The zero-order chi connectivity index (χ0) is 18.6. The highest BCUT2D eigenvalue weighted by Crippen LogP contribution is 2.34. The van der Waals surface area contributed by atoms with Crippen molar-refractivity contribution < 1.29 is 18.0 Å². The van der Waals surface area contributed by atoms with Crippen molar-refractivity contribution in [1.82, 2.24) is 0 Å². The van der Waals surface area contributed by atoms with Crippen molar-refractivity contribution in [2.45, 2.75) is 26.1 Å². The van der Waals surface area contributed by atoms with Crippen LogP contribution in [-0.4, -0.2) is 5.71 Å². The molecule has 0 bridgehead atoms. The summed E-state index contributed by atoms with van der Waals surface area (Å²) in [4.78, 5) is 5.28. The van der Waals surface area contributed by atoms with Gasteiger partial charge in [0.15, 0.2) is 0 Å². The highest BCUT2D eigenvalue weighted by atomic mass is 79.9. The van der Waals surface area contributed by atoms with Crippen molar-refractivity contribution in [2.75, 3.05) is 0 Å². The van der Waals surface area contributed by atoms with Crippen molar-refractivity contribution in [2.24, 2.45) is 5.16 Å². The molecule has 25 heavy (non-hydrogen) atoms. The highest BCUT2D eigenvalue weighted by Gasteiger charge is 2.34. The third kappa shape index (κ3) is 5.72. The molecule has 2 aromatic carbocycles. The Morgan fingerprint density at radius 1 is 1.12 bits per heavy atom. The Bertz CT molecular complexity index is 774. The minimum Gasteiger partial charge on any atom is -0.391 e. The predicted molar refractivity (Wildman–Crippen MR) is 99.9 cm³/mol. The summed E-state index contributed by atoms with van der Waals surface area (Å²) in [5, 5.41) is 4.12. The van der Waals surface area contributed by atoms with Gasteiger partial charge in [-0.05, 0) is 48.4 Å².